The average molecular weight is 223 g/mol. The number of amides is 1. The van der Waals surface area contributed by atoms with Gasteiger partial charge in [-0.2, -0.15) is 0 Å². The maximum absolute atomic E-state index is 11.8. The molecular weight excluding hydrogens is 202 g/mol. The van der Waals surface area contributed by atoms with E-state index >= 15 is 0 Å². The van der Waals surface area contributed by atoms with Crippen molar-refractivity contribution >= 4 is 6.09 Å². The molecule has 0 saturated carbocycles. The molecule has 0 aromatic carbocycles. The molecule has 90 valence electrons. The highest BCUT2D eigenvalue weighted by molar-refractivity contribution is 5.68. The van der Waals surface area contributed by atoms with Gasteiger partial charge in [0.2, 0.25) is 0 Å². The van der Waals surface area contributed by atoms with E-state index in [1.807, 2.05) is 20.8 Å². The minimum absolute atomic E-state index is 0.315. The van der Waals surface area contributed by atoms with Gasteiger partial charge in [-0.1, -0.05) is 6.08 Å². The molecule has 0 spiro atoms. The smallest absolute Gasteiger partial charge is 0.410 e. The zero-order valence-corrected chi connectivity index (χ0v) is 10.5. The Morgan fingerprint density at radius 1 is 1.50 bits per heavy atom. The van der Waals surface area contributed by atoms with E-state index in [4.69, 9.17) is 11.2 Å². The first kappa shape index (κ1) is 14.6. The van der Waals surface area contributed by atoms with Gasteiger partial charge in [0.05, 0.1) is 0 Å². The molecule has 0 aliphatic rings. The lowest BCUT2D eigenvalue weighted by Crippen LogP contribution is -2.37. The van der Waals surface area contributed by atoms with Crippen molar-refractivity contribution in [3.8, 4) is 12.3 Å². The van der Waals surface area contributed by atoms with Crippen molar-refractivity contribution < 1.29 is 9.53 Å². The fourth-order valence-electron chi connectivity index (χ4n) is 1.07. The molecule has 0 bridgehead atoms. The highest BCUT2D eigenvalue weighted by Gasteiger charge is 2.20. The van der Waals surface area contributed by atoms with E-state index in [0.29, 0.717) is 19.5 Å². The van der Waals surface area contributed by atoms with Gasteiger partial charge in [-0.05, 0) is 27.2 Å². The normalized spacial score (nSPS) is 10.4. The maximum Gasteiger partial charge on any atom is 0.410 e. The number of hydrogen-bond acceptors (Lipinski definition) is 2. The first-order chi connectivity index (χ1) is 7.40. The SMILES string of the molecule is C#CCCN(CCC=C)C(=O)OC(C)(C)C. The fraction of sp³-hybridized carbons (Fsp3) is 0.615. The van der Waals surface area contributed by atoms with Gasteiger partial charge >= 0.3 is 6.09 Å². The largest absolute Gasteiger partial charge is 0.444 e. The predicted molar refractivity (Wildman–Crippen MR) is 66.1 cm³/mol. The third-order valence-corrected chi connectivity index (χ3v) is 1.78. The monoisotopic (exact) mass is 223 g/mol. The quantitative estimate of drug-likeness (QED) is 0.530. The number of ether oxygens (including phenoxy) is 1. The lowest BCUT2D eigenvalue weighted by molar-refractivity contribution is 0.0257. The Morgan fingerprint density at radius 3 is 2.56 bits per heavy atom. The molecule has 0 saturated heterocycles. The topological polar surface area (TPSA) is 29.5 Å². The summed E-state index contributed by atoms with van der Waals surface area (Å²) in [4.78, 5) is 13.4. The van der Waals surface area contributed by atoms with Crippen LogP contribution >= 0.6 is 0 Å². The highest BCUT2D eigenvalue weighted by atomic mass is 16.6. The van der Waals surface area contributed by atoms with E-state index in [0.717, 1.165) is 6.42 Å². The molecule has 0 fully saturated rings. The molecule has 0 heterocycles. The lowest BCUT2D eigenvalue weighted by Gasteiger charge is -2.26. The third-order valence-electron chi connectivity index (χ3n) is 1.78. The summed E-state index contributed by atoms with van der Waals surface area (Å²) in [5.41, 5.74) is -0.473. The molecule has 1 amide bonds. The fourth-order valence-corrected chi connectivity index (χ4v) is 1.07. The molecule has 0 aliphatic heterocycles. The zero-order chi connectivity index (χ0) is 12.6. The van der Waals surface area contributed by atoms with Crippen molar-refractivity contribution in [3.63, 3.8) is 0 Å². The Labute approximate surface area is 98.5 Å². The number of carbonyl (C=O) groups excluding carboxylic acids is 1. The van der Waals surface area contributed by atoms with Crippen LogP contribution in [0.4, 0.5) is 4.79 Å². The Kier molecular flexibility index (Phi) is 6.32. The summed E-state index contributed by atoms with van der Waals surface area (Å²) < 4.78 is 5.28. The third kappa shape index (κ3) is 6.94. The highest BCUT2D eigenvalue weighted by Crippen LogP contribution is 2.10. The zero-order valence-electron chi connectivity index (χ0n) is 10.5. The van der Waals surface area contributed by atoms with E-state index in [1.54, 1.807) is 11.0 Å². The van der Waals surface area contributed by atoms with E-state index in [-0.39, 0.29) is 6.09 Å². The predicted octanol–water partition coefficient (Wildman–Crippen LogP) is 2.82. The van der Waals surface area contributed by atoms with Gasteiger partial charge in [-0.25, -0.2) is 4.79 Å². The first-order valence-corrected chi connectivity index (χ1v) is 5.43. The molecule has 0 unspecified atom stereocenters. The molecule has 3 heteroatoms. The first-order valence-electron chi connectivity index (χ1n) is 5.43. The van der Waals surface area contributed by atoms with Crippen molar-refractivity contribution in [2.45, 2.75) is 39.2 Å². The van der Waals surface area contributed by atoms with Crippen molar-refractivity contribution in [1.82, 2.24) is 4.90 Å². The van der Waals surface area contributed by atoms with Crippen LogP contribution in [-0.2, 0) is 4.74 Å². The van der Waals surface area contributed by atoms with E-state index in [2.05, 4.69) is 12.5 Å². The lowest BCUT2D eigenvalue weighted by atomic mass is 10.2. The Morgan fingerprint density at radius 2 is 2.12 bits per heavy atom. The van der Waals surface area contributed by atoms with Gasteiger partial charge in [-0.15, -0.1) is 18.9 Å². The summed E-state index contributed by atoms with van der Waals surface area (Å²) in [6.45, 7) is 10.3. The summed E-state index contributed by atoms with van der Waals surface area (Å²) in [5.74, 6) is 2.52. The summed E-state index contributed by atoms with van der Waals surface area (Å²) in [7, 11) is 0. The number of terminal acetylenes is 1. The van der Waals surface area contributed by atoms with Crippen LogP contribution in [0.25, 0.3) is 0 Å². The van der Waals surface area contributed by atoms with Gasteiger partial charge in [0.1, 0.15) is 5.60 Å². The van der Waals surface area contributed by atoms with Gasteiger partial charge in [0, 0.05) is 19.5 Å². The Balaban J connectivity index is 4.31. The summed E-state index contributed by atoms with van der Waals surface area (Å²) in [6.07, 6.45) is 7.92. The second-order valence-electron chi connectivity index (χ2n) is 4.50. The molecule has 16 heavy (non-hydrogen) atoms. The molecule has 0 aliphatic carbocycles. The summed E-state index contributed by atoms with van der Waals surface area (Å²) in [6, 6.07) is 0. The van der Waals surface area contributed by atoms with E-state index in [1.165, 1.54) is 0 Å². The van der Waals surface area contributed by atoms with E-state index in [9.17, 15) is 4.79 Å². The van der Waals surface area contributed by atoms with Crippen LogP contribution < -0.4 is 0 Å². The molecule has 0 rings (SSSR count). The minimum Gasteiger partial charge on any atom is -0.444 e. The van der Waals surface area contributed by atoms with Crippen LogP contribution in [0.2, 0.25) is 0 Å². The minimum atomic E-state index is -0.473. The van der Waals surface area contributed by atoms with Gasteiger partial charge < -0.3 is 9.64 Å². The Hall–Kier alpha value is -1.43. The number of rotatable bonds is 5. The summed E-state index contributed by atoms with van der Waals surface area (Å²) in [5, 5.41) is 0. The number of nitrogens with zero attached hydrogens (tertiary/aromatic N) is 1. The Bertz CT molecular complexity index is 271. The second-order valence-corrected chi connectivity index (χ2v) is 4.50. The standard InChI is InChI=1S/C13H21NO2/c1-6-8-10-14(11-9-7-2)12(15)16-13(3,4)5/h1,7H,2,8-11H2,3-5H3. The summed E-state index contributed by atoms with van der Waals surface area (Å²) >= 11 is 0. The van der Waals surface area contributed by atoms with Gasteiger partial charge in [0.25, 0.3) is 0 Å². The molecule has 0 atom stereocenters. The maximum atomic E-state index is 11.8. The van der Waals surface area contributed by atoms with Crippen molar-refractivity contribution in [3.05, 3.63) is 12.7 Å². The number of carbonyl (C=O) groups is 1. The second kappa shape index (κ2) is 6.95. The molecule has 0 N–H and O–H groups in total. The number of hydrogen-bond donors (Lipinski definition) is 0. The van der Waals surface area contributed by atoms with Crippen LogP contribution in [0.15, 0.2) is 12.7 Å². The molecular formula is C13H21NO2. The average Bonchev–Trinajstić information content (AvgIpc) is 2.15. The molecule has 3 nitrogen and oxygen atoms in total. The molecule has 0 radical (unpaired) electrons. The van der Waals surface area contributed by atoms with Crippen LogP contribution in [0.5, 0.6) is 0 Å². The van der Waals surface area contributed by atoms with E-state index < -0.39 is 5.60 Å². The molecule has 0 aromatic rings. The van der Waals surface area contributed by atoms with Crippen LogP contribution in [-0.4, -0.2) is 29.7 Å². The van der Waals surface area contributed by atoms with Gasteiger partial charge in [0.15, 0.2) is 0 Å². The van der Waals surface area contributed by atoms with Gasteiger partial charge in [-0.3, -0.25) is 0 Å². The van der Waals surface area contributed by atoms with Crippen molar-refractivity contribution in [2.24, 2.45) is 0 Å². The van der Waals surface area contributed by atoms with Crippen molar-refractivity contribution in [1.29, 1.82) is 0 Å². The van der Waals surface area contributed by atoms with Crippen LogP contribution in [0.3, 0.4) is 0 Å². The van der Waals surface area contributed by atoms with Crippen LogP contribution in [0.1, 0.15) is 33.6 Å². The van der Waals surface area contributed by atoms with Crippen molar-refractivity contribution in [2.75, 3.05) is 13.1 Å². The molecule has 0 aromatic heterocycles. The van der Waals surface area contributed by atoms with Crippen LogP contribution in [0, 0.1) is 12.3 Å².